The molecule has 23 heavy (non-hydrogen) atoms. The Morgan fingerprint density at radius 2 is 2.30 bits per heavy atom. The zero-order valence-corrected chi connectivity index (χ0v) is 13.6. The summed E-state index contributed by atoms with van der Waals surface area (Å²) in [6.07, 6.45) is 4.85. The molecule has 0 spiro atoms. The number of nitrogens with one attached hydrogen (secondary N) is 1. The van der Waals surface area contributed by atoms with Crippen LogP contribution in [0.25, 0.3) is 0 Å². The molecule has 1 saturated carbocycles. The molecule has 1 N–H and O–H groups in total. The van der Waals surface area contributed by atoms with Crippen LogP contribution in [0.2, 0.25) is 0 Å². The Labute approximate surface area is 137 Å². The molecular weight excluding hydrogens is 314 g/mol. The van der Waals surface area contributed by atoms with Gasteiger partial charge in [-0.15, -0.1) is 11.3 Å². The quantitative estimate of drug-likeness (QED) is 0.938. The summed E-state index contributed by atoms with van der Waals surface area (Å²) in [6.45, 7) is 2.52. The third kappa shape index (κ3) is 2.55. The normalized spacial score (nSPS) is 17.3. The van der Waals surface area contributed by atoms with Crippen LogP contribution in [-0.4, -0.2) is 29.4 Å². The predicted octanol–water partition coefficient (Wildman–Crippen LogP) is 2.53. The summed E-state index contributed by atoms with van der Waals surface area (Å²) in [5.41, 5.74) is 1.64. The van der Waals surface area contributed by atoms with Crippen LogP contribution in [0.3, 0.4) is 0 Å². The second-order valence-corrected chi connectivity index (χ2v) is 6.82. The fourth-order valence-electron chi connectivity index (χ4n) is 2.85. The van der Waals surface area contributed by atoms with E-state index >= 15 is 0 Å². The largest absolute Gasteiger partial charge is 0.468 e. The Morgan fingerprint density at radius 3 is 3.00 bits per heavy atom. The van der Waals surface area contributed by atoms with E-state index in [0.717, 1.165) is 25.0 Å². The summed E-state index contributed by atoms with van der Waals surface area (Å²) < 4.78 is 5.52. The Kier molecular flexibility index (Phi) is 3.45. The Balaban J connectivity index is 1.73. The van der Waals surface area contributed by atoms with Gasteiger partial charge in [0.15, 0.2) is 5.13 Å². The van der Waals surface area contributed by atoms with Crippen molar-refractivity contribution in [3.63, 3.8) is 0 Å². The first-order chi connectivity index (χ1) is 11.1. The number of hydrogen-bond donors (Lipinski definition) is 1. The number of fused-ring (bicyclic) bond motifs is 1. The summed E-state index contributed by atoms with van der Waals surface area (Å²) >= 11 is 1.46. The maximum atomic E-state index is 13.1. The van der Waals surface area contributed by atoms with Gasteiger partial charge >= 0.3 is 0 Å². The van der Waals surface area contributed by atoms with E-state index in [1.54, 1.807) is 4.90 Å². The van der Waals surface area contributed by atoms with E-state index < -0.39 is 0 Å². The highest BCUT2D eigenvalue weighted by Crippen LogP contribution is 2.36. The molecule has 1 aliphatic carbocycles. The standard InChI is InChI=1S/C16H17N3O3S/c1-9-8-23-16(18-9)19(10-4-5-10)15(21)11-7-22-12-3-2-6-17-14(20)13(11)12/h7-8,10H,2-6H2,1H3,(H,17,20). The number of rotatable bonds is 3. The van der Waals surface area contributed by atoms with Crippen LogP contribution in [0.1, 0.15) is 51.4 Å². The number of furan rings is 1. The molecule has 2 aromatic rings. The van der Waals surface area contributed by atoms with E-state index in [0.29, 0.717) is 35.0 Å². The second-order valence-electron chi connectivity index (χ2n) is 5.98. The van der Waals surface area contributed by atoms with Crippen LogP contribution in [0.5, 0.6) is 0 Å². The average Bonchev–Trinajstić information content (AvgIpc) is 3.17. The lowest BCUT2D eigenvalue weighted by molar-refractivity contribution is 0.0935. The van der Waals surface area contributed by atoms with E-state index in [9.17, 15) is 9.59 Å². The molecule has 2 amide bonds. The van der Waals surface area contributed by atoms with Crippen molar-refractivity contribution in [2.45, 2.75) is 38.6 Å². The summed E-state index contributed by atoms with van der Waals surface area (Å²) in [5, 5.41) is 5.45. The number of carbonyl (C=O) groups excluding carboxylic acids is 2. The number of aryl methyl sites for hydroxylation is 2. The maximum absolute atomic E-state index is 13.1. The molecule has 0 bridgehead atoms. The lowest BCUT2D eigenvalue weighted by atomic mass is 10.1. The van der Waals surface area contributed by atoms with Gasteiger partial charge in [-0.3, -0.25) is 14.5 Å². The van der Waals surface area contributed by atoms with Crippen molar-refractivity contribution in [1.82, 2.24) is 10.3 Å². The van der Waals surface area contributed by atoms with Crippen molar-refractivity contribution in [3.8, 4) is 0 Å². The van der Waals surface area contributed by atoms with Crippen LogP contribution in [0.4, 0.5) is 5.13 Å². The first-order valence-corrected chi connectivity index (χ1v) is 8.67. The molecule has 6 nitrogen and oxygen atoms in total. The van der Waals surface area contributed by atoms with Crippen LogP contribution >= 0.6 is 11.3 Å². The summed E-state index contributed by atoms with van der Waals surface area (Å²) in [5.74, 6) is 0.194. The third-order valence-corrected chi connectivity index (χ3v) is 5.09. The van der Waals surface area contributed by atoms with Gasteiger partial charge in [-0.05, 0) is 26.2 Å². The number of aromatic nitrogens is 1. The first-order valence-electron chi connectivity index (χ1n) is 7.79. The van der Waals surface area contributed by atoms with E-state index in [1.165, 1.54) is 17.6 Å². The summed E-state index contributed by atoms with van der Waals surface area (Å²) in [4.78, 5) is 31.5. The van der Waals surface area contributed by atoms with Gasteiger partial charge < -0.3 is 9.73 Å². The predicted molar refractivity (Wildman–Crippen MR) is 86.0 cm³/mol. The molecule has 7 heteroatoms. The third-order valence-electron chi connectivity index (χ3n) is 4.13. The van der Waals surface area contributed by atoms with Crippen LogP contribution in [0, 0.1) is 6.92 Å². The van der Waals surface area contributed by atoms with Crippen molar-refractivity contribution in [3.05, 3.63) is 34.2 Å². The lowest BCUT2D eigenvalue weighted by Crippen LogP contribution is -2.34. The van der Waals surface area contributed by atoms with Crippen molar-refractivity contribution in [2.24, 2.45) is 0 Å². The smallest absolute Gasteiger partial charge is 0.264 e. The molecular formula is C16H17N3O3S. The van der Waals surface area contributed by atoms with Crippen molar-refractivity contribution in [1.29, 1.82) is 0 Å². The molecule has 2 aromatic heterocycles. The number of carbonyl (C=O) groups is 2. The highest BCUT2D eigenvalue weighted by atomic mass is 32.1. The first kappa shape index (κ1) is 14.4. The Morgan fingerprint density at radius 1 is 1.48 bits per heavy atom. The molecule has 1 aliphatic heterocycles. The Bertz CT molecular complexity index is 775. The lowest BCUT2D eigenvalue weighted by Gasteiger charge is -2.19. The molecule has 2 aliphatic rings. The van der Waals surface area contributed by atoms with Gasteiger partial charge in [-0.25, -0.2) is 4.98 Å². The van der Waals surface area contributed by atoms with Gasteiger partial charge in [0.1, 0.15) is 12.0 Å². The zero-order chi connectivity index (χ0) is 16.0. The maximum Gasteiger partial charge on any atom is 0.264 e. The second kappa shape index (κ2) is 5.49. The monoisotopic (exact) mass is 331 g/mol. The number of anilines is 1. The number of amides is 2. The minimum Gasteiger partial charge on any atom is -0.468 e. The fourth-order valence-corrected chi connectivity index (χ4v) is 3.72. The topological polar surface area (TPSA) is 75.4 Å². The molecule has 0 atom stereocenters. The van der Waals surface area contributed by atoms with Crippen LogP contribution in [-0.2, 0) is 6.42 Å². The molecule has 4 rings (SSSR count). The molecule has 3 heterocycles. The fraction of sp³-hybridized carbons (Fsp3) is 0.438. The van der Waals surface area contributed by atoms with E-state index in [2.05, 4.69) is 10.3 Å². The number of hydrogen-bond acceptors (Lipinski definition) is 5. The van der Waals surface area contributed by atoms with Crippen molar-refractivity contribution in [2.75, 3.05) is 11.4 Å². The van der Waals surface area contributed by atoms with E-state index in [4.69, 9.17) is 4.42 Å². The zero-order valence-electron chi connectivity index (χ0n) is 12.8. The van der Waals surface area contributed by atoms with Crippen LogP contribution < -0.4 is 10.2 Å². The van der Waals surface area contributed by atoms with Gasteiger partial charge in [-0.1, -0.05) is 0 Å². The number of nitrogens with zero attached hydrogens (tertiary/aromatic N) is 2. The number of thiazole rings is 1. The Hall–Kier alpha value is -2.15. The van der Waals surface area contributed by atoms with E-state index in [-0.39, 0.29) is 17.9 Å². The van der Waals surface area contributed by atoms with Crippen molar-refractivity contribution >= 4 is 28.3 Å². The molecule has 0 saturated heterocycles. The van der Waals surface area contributed by atoms with Crippen LogP contribution in [0.15, 0.2) is 16.1 Å². The SMILES string of the molecule is Cc1csc(N(C(=O)c2coc3c2C(=O)NCCC3)C2CC2)n1. The molecule has 1 fully saturated rings. The van der Waals surface area contributed by atoms with Crippen molar-refractivity contribution < 1.29 is 14.0 Å². The molecule has 0 unspecified atom stereocenters. The van der Waals surface area contributed by atoms with Gasteiger partial charge in [0.05, 0.1) is 16.8 Å². The van der Waals surface area contributed by atoms with Gasteiger partial charge in [0.2, 0.25) is 0 Å². The average molecular weight is 331 g/mol. The minimum absolute atomic E-state index is 0.174. The highest BCUT2D eigenvalue weighted by molar-refractivity contribution is 7.14. The van der Waals surface area contributed by atoms with Gasteiger partial charge in [0, 0.05) is 24.4 Å². The summed E-state index contributed by atoms with van der Waals surface area (Å²) in [7, 11) is 0. The molecule has 0 radical (unpaired) electrons. The summed E-state index contributed by atoms with van der Waals surface area (Å²) in [6, 6.07) is 0.174. The molecule has 0 aromatic carbocycles. The van der Waals surface area contributed by atoms with E-state index in [1.807, 2.05) is 12.3 Å². The van der Waals surface area contributed by atoms with Gasteiger partial charge in [-0.2, -0.15) is 0 Å². The minimum atomic E-state index is -0.222. The molecule has 120 valence electrons. The highest BCUT2D eigenvalue weighted by Gasteiger charge is 2.38. The van der Waals surface area contributed by atoms with Gasteiger partial charge in [0.25, 0.3) is 11.8 Å².